The predicted octanol–water partition coefficient (Wildman–Crippen LogP) is 3.86. The van der Waals surface area contributed by atoms with Gasteiger partial charge in [-0.15, -0.1) is 0 Å². The third kappa shape index (κ3) is 3.00. The van der Waals surface area contributed by atoms with Gasteiger partial charge in [-0.05, 0) is 50.4 Å². The molecule has 2 aliphatic rings. The third-order valence-electron chi connectivity index (χ3n) is 6.10. The minimum Gasteiger partial charge on any atom is -0.389 e. The van der Waals surface area contributed by atoms with Crippen LogP contribution in [-0.4, -0.2) is 17.3 Å². The van der Waals surface area contributed by atoms with Crippen molar-refractivity contribution in [3.05, 3.63) is 0 Å². The van der Waals surface area contributed by atoms with Crippen molar-refractivity contribution in [2.75, 3.05) is 6.54 Å². The maximum absolute atomic E-state index is 11.3. The lowest BCUT2D eigenvalue weighted by Crippen LogP contribution is -2.56. The van der Waals surface area contributed by atoms with E-state index in [1.165, 1.54) is 38.5 Å². The lowest BCUT2D eigenvalue weighted by molar-refractivity contribution is -0.135. The highest BCUT2D eigenvalue weighted by Crippen LogP contribution is 2.52. The van der Waals surface area contributed by atoms with Crippen LogP contribution in [-0.2, 0) is 0 Å². The molecule has 0 spiro atoms. The van der Waals surface area contributed by atoms with Crippen LogP contribution in [0.1, 0.15) is 78.1 Å². The van der Waals surface area contributed by atoms with Gasteiger partial charge in [-0.2, -0.15) is 0 Å². The van der Waals surface area contributed by atoms with Crippen LogP contribution in [0.4, 0.5) is 0 Å². The summed E-state index contributed by atoms with van der Waals surface area (Å²) < 4.78 is 0. The van der Waals surface area contributed by atoms with E-state index < -0.39 is 5.60 Å². The van der Waals surface area contributed by atoms with Gasteiger partial charge in [-0.25, -0.2) is 0 Å². The highest BCUT2D eigenvalue weighted by Gasteiger charge is 2.51. The highest BCUT2D eigenvalue weighted by atomic mass is 16.3. The van der Waals surface area contributed by atoms with Gasteiger partial charge in [0, 0.05) is 12.0 Å². The van der Waals surface area contributed by atoms with Crippen LogP contribution in [0.25, 0.3) is 0 Å². The van der Waals surface area contributed by atoms with Crippen LogP contribution in [0.2, 0.25) is 0 Å². The molecule has 0 heterocycles. The molecular weight excluding hydrogens is 234 g/mol. The van der Waals surface area contributed by atoms with Gasteiger partial charge in [-0.1, -0.05) is 39.5 Å². The molecule has 2 rings (SSSR count). The third-order valence-corrected chi connectivity index (χ3v) is 6.10. The van der Waals surface area contributed by atoms with Gasteiger partial charge in [-0.3, -0.25) is 0 Å². The number of hydrogen-bond acceptors (Lipinski definition) is 2. The molecule has 0 radical (unpaired) electrons. The van der Waals surface area contributed by atoms with E-state index in [1.54, 1.807) is 0 Å². The fraction of sp³-hybridized carbons (Fsp3) is 1.00. The zero-order valence-electron chi connectivity index (χ0n) is 13.0. The van der Waals surface area contributed by atoms with Gasteiger partial charge >= 0.3 is 0 Å². The number of rotatable bonds is 4. The summed E-state index contributed by atoms with van der Waals surface area (Å²) in [7, 11) is 0. The van der Waals surface area contributed by atoms with Gasteiger partial charge in [0.2, 0.25) is 0 Å². The van der Waals surface area contributed by atoms with Crippen molar-refractivity contribution in [2.45, 2.75) is 83.7 Å². The second-order valence-corrected chi connectivity index (χ2v) is 7.45. The zero-order valence-corrected chi connectivity index (χ0v) is 13.0. The summed E-state index contributed by atoms with van der Waals surface area (Å²) in [6.45, 7) is 5.27. The average molecular weight is 267 g/mol. The van der Waals surface area contributed by atoms with Crippen molar-refractivity contribution in [2.24, 2.45) is 23.0 Å². The van der Waals surface area contributed by atoms with Gasteiger partial charge in [0.05, 0.1) is 5.60 Å². The first kappa shape index (κ1) is 15.3. The van der Waals surface area contributed by atoms with Crippen molar-refractivity contribution in [3.63, 3.8) is 0 Å². The average Bonchev–Trinajstić information content (AvgIpc) is 2.41. The molecule has 0 amide bonds. The fourth-order valence-corrected chi connectivity index (χ4v) is 4.84. The Hall–Kier alpha value is -0.0800. The molecule has 0 aromatic heterocycles. The minimum absolute atomic E-state index is 0.0157. The molecule has 0 bridgehead atoms. The zero-order chi connectivity index (χ0) is 13.9. The number of aliphatic hydroxyl groups is 1. The van der Waals surface area contributed by atoms with E-state index in [4.69, 9.17) is 5.73 Å². The Bertz CT molecular complexity index is 283. The van der Waals surface area contributed by atoms with Gasteiger partial charge < -0.3 is 10.8 Å². The molecule has 2 nitrogen and oxygen atoms in total. The quantitative estimate of drug-likeness (QED) is 0.812. The molecule has 19 heavy (non-hydrogen) atoms. The molecule has 2 aliphatic carbocycles. The minimum atomic E-state index is -0.472. The topological polar surface area (TPSA) is 46.2 Å². The maximum Gasteiger partial charge on any atom is 0.0716 e. The smallest absolute Gasteiger partial charge is 0.0716 e. The molecule has 2 heteroatoms. The van der Waals surface area contributed by atoms with E-state index in [1.807, 2.05) is 0 Å². The van der Waals surface area contributed by atoms with Crippen LogP contribution >= 0.6 is 0 Å². The second kappa shape index (κ2) is 6.13. The molecule has 2 atom stereocenters. The Morgan fingerprint density at radius 1 is 1.16 bits per heavy atom. The van der Waals surface area contributed by atoms with E-state index in [-0.39, 0.29) is 5.41 Å². The largest absolute Gasteiger partial charge is 0.389 e. The highest BCUT2D eigenvalue weighted by molar-refractivity contribution is 5.04. The van der Waals surface area contributed by atoms with Crippen LogP contribution in [0.15, 0.2) is 0 Å². The molecule has 2 saturated carbocycles. The van der Waals surface area contributed by atoms with Crippen molar-refractivity contribution in [1.29, 1.82) is 0 Å². The lowest BCUT2D eigenvalue weighted by Gasteiger charge is -2.53. The monoisotopic (exact) mass is 267 g/mol. The standard InChI is InChI=1S/C17H33NO/c1-3-5-15-7-10-17(19,11-8-15)16(13-18)9-4-6-14(2)12-16/h14-15,19H,3-13,18H2,1-2H3. The molecule has 0 aliphatic heterocycles. The molecule has 0 aromatic carbocycles. The van der Waals surface area contributed by atoms with Crippen molar-refractivity contribution in [3.8, 4) is 0 Å². The first-order chi connectivity index (χ1) is 9.05. The van der Waals surface area contributed by atoms with Gasteiger partial charge in [0.15, 0.2) is 0 Å². The first-order valence-corrected chi connectivity index (χ1v) is 8.48. The van der Waals surface area contributed by atoms with Crippen molar-refractivity contribution < 1.29 is 5.11 Å². The van der Waals surface area contributed by atoms with E-state index in [2.05, 4.69) is 13.8 Å². The van der Waals surface area contributed by atoms with E-state index in [0.29, 0.717) is 6.54 Å². The van der Waals surface area contributed by atoms with Crippen LogP contribution in [0.5, 0.6) is 0 Å². The summed E-state index contributed by atoms with van der Waals surface area (Å²) in [6, 6.07) is 0. The van der Waals surface area contributed by atoms with Gasteiger partial charge in [0.25, 0.3) is 0 Å². The number of nitrogens with two attached hydrogens (primary N) is 1. The van der Waals surface area contributed by atoms with Gasteiger partial charge in [0.1, 0.15) is 0 Å². The Morgan fingerprint density at radius 2 is 1.84 bits per heavy atom. The Labute approximate surface area is 119 Å². The number of hydrogen-bond donors (Lipinski definition) is 2. The predicted molar refractivity (Wildman–Crippen MR) is 80.9 cm³/mol. The van der Waals surface area contributed by atoms with Crippen LogP contribution < -0.4 is 5.73 Å². The molecule has 2 unspecified atom stereocenters. The fourth-order valence-electron chi connectivity index (χ4n) is 4.84. The first-order valence-electron chi connectivity index (χ1n) is 8.48. The molecule has 2 fully saturated rings. The molecule has 3 N–H and O–H groups in total. The maximum atomic E-state index is 11.3. The van der Waals surface area contributed by atoms with E-state index >= 15 is 0 Å². The summed E-state index contributed by atoms with van der Waals surface area (Å²) in [5.74, 6) is 1.58. The van der Waals surface area contributed by atoms with Crippen LogP contribution in [0.3, 0.4) is 0 Å². The summed E-state index contributed by atoms with van der Waals surface area (Å²) in [6.07, 6.45) is 11.9. The molecule has 0 saturated heterocycles. The Morgan fingerprint density at radius 3 is 2.37 bits per heavy atom. The second-order valence-electron chi connectivity index (χ2n) is 7.45. The van der Waals surface area contributed by atoms with Crippen LogP contribution in [0, 0.1) is 17.3 Å². The van der Waals surface area contributed by atoms with E-state index in [9.17, 15) is 5.11 Å². The summed E-state index contributed by atoms with van der Waals surface area (Å²) in [4.78, 5) is 0. The summed E-state index contributed by atoms with van der Waals surface area (Å²) in [5, 5.41) is 11.3. The summed E-state index contributed by atoms with van der Waals surface area (Å²) in [5.41, 5.74) is 5.69. The normalized spacial score (nSPS) is 44.2. The Balaban J connectivity index is 2.05. The lowest BCUT2D eigenvalue weighted by atomic mass is 9.56. The molecule has 0 aromatic rings. The van der Waals surface area contributed by atoms with Crippen molar-refractivity contribution in [1.82, 2.24) is 0 Å². The molecular formula is C17H33NO. The Kier molecular flexibility index (Phi) is 4.94. The van der Waals surface area contributed by atoms with Crippen molar-refractivity contribution >= 4 is 0 Å². The SMILES string of the molecule is CCCC1CCC(O)(C2(CN)CCCC(C)C2)CC1. The summed E-state index contributed by atoms with van der Waals surface area (Å²) >= 11 is 0. The van der Waals surface area contributed by atoms with E-state index in [0.717, 1.165) is 37.5 Å². The molecule has 112 valence electrons.